The van der Waals surface area contributed by atoms with Crippen molar-refractivity contribution in [2.45, 2.75) is 44.8 Å². The molecule has 2 rings (SSSR count). The lowest BCUT2D eigenvalue weighted by Crippen LogP contribution is -2.50. The van der Waals surface area contributed by atoms with E-state index in [0.717, 1.165) is 24.8 Å². The fraction of sp³-hybridized carbons (Fsp3) is 0.533. The molecule has 1 saturated carbocycles. The van der Waals surface area contributed by atoms with Crippen molar-refractivity contribution in [3.8, 4) is 5.75 Å². The van der Waals surface area contributed by atoms with Crippen LogP contribution in [0.2, 0.25) is 5.02 Å². The minimum atomic E-state index is -0.717. The maximum absolute atomic E-state index is 11.9. The van der Waals surface area contributed by atoms with Gasteiger partial charge in [0.15, 0.2) is 6.10 Å². The number of benzene rings is 1. The first-order valence-corrected chi connectivity index (χ1v) is 7.20. The van der Waals surface area contributed by atoms with Crippen LogP contribution < -0.4 is 10.1 Å². The van der Waals surface area contributed by atoms with Crippen LogP contribution >= 0.6 is 11.6 Å². The molecule has 0 bridgehead atoms. The third-order valence-corrected chi connectivity index (χ3v) is 3.92. The van der Waals surface area contributed by atoms with Crippen LogP contribution in [0, 0.1) is 6.92 Å². The molecule has 1 fully saturated rings. The molecular formula is C15H20ClNO3. The number of hydrogen-bond acceptors (Lipinski definition) is 3. The molecule has 2 N–H and O–H groups in total. The molecule has 1 atom stereocenters. The molecule has 0 saturated heterocycles. The zero-order valence-corrected chi connectivity index (χ0v) is 12.5. The molecule has 110 valence electrons. The number of aryl methyl sites for hydroxylation is 1. The Bertz CT molecular complexity index is 500. The van der Waals surface area contributed by atoms with E-state index in [4.69, 9.17) is 16.3 Å². The van der Waals surface area contributed by atoms with Gasteiger partial charge in [0, 0.05) is 11.6 Å². The Morgan fingerprint density at radius 3 is 2.80 bits per heavy atom. The molecule has 1 aromatic rings. The van der Waals surface area contributed by atoms with Crippen LogP contribution in [0.5, 0.6) is 5.75 Å². The summed E-state index contributed by atoms with van der Waals surface area (Å²) < 4.78 is 5.63. The first kappa shape index (κ1) is 15.1. The van der Waals surface area contributed by atoms with E-state index in [1.807, 2.05) is 6.92 Å². The zero-order chi connectivity index (χ0) is 14.8. The Hall–Kier alpha value is -1.26. The second kappa shape index (κ2) is 6.02. The van der Waals surface area contributed by atoms with Crippen LogP contribution in [0.1, 0.15) is 31.7 Å². The molecule has 1 amide bonds. The molecule has 4 nitrogen and oxygen atoms in total. The number of ether oxygens (including phenoxy) is 1. The van der Waals surface area contributed by atoms with Crippen LogP contribution in [0.25, 0.3) is 0 Å². The van der Waals surface area contributed by atoms with E-state index < -0.39 is 11.7 Å². The van der Waals surface area contributed by atoms with E-state index in [0.29, 0.717) is 17.3 Å². The summed E-state index contributed by atoms with van der Waals surface area (Å²) in [5.74, 6) is 0.416. The first-order valence-electron chi connectivity index (χ1n) is 6.82. The van der Waals surface area contributed by atoms with Crippen molar-refractivity contribution in [1.29, 1.82) is 0 Å². The van der Waals surface area contributed by atoms with Gasteiger partial charge >= 0.3 is 0 Å². The normalized spacial score (nSPS) is 18.0. The number of nitrogens with one attached hydrogen (secondary N) is 1. The molecule has 0 aliphatic heterocycles. The summed E-state index contributed by atoms with van der Waals surface area (Å²) in [6.45, 7) is 3.86. The van der Waals surface area contributed by atoms with Crippen LogP contribution in [0.15, 0.2) is 18.2 Å². The predicted octanol–water partition coefficient (Wildman–Crippen LogP) is 2.45. The van der Waals surface area contributed by atoms with Gasteiger partial charge in [0.2, 0.25) is 0 Å². The van der Waals surface area contributed by atoms with Crippen LogP contribution in [0.4, 0.5) is 0 Å². The highest BCUT2D eigenvalue weighted by Gasteiger charge is 2.35. The topological polar surface area (TPSA) is 58.6 Å². The van der Waals surface area contributed by atoms with Crippen molar-refractivity contribution in [3.63, 3.8) is 0 Å². The maximum Gasteiger partial charge on any atom is 0.260 e. The monoisotopic (exact) mass is 297 g/mol. The molecule has 1 aliphatic carbocycles. The lowest BCUT2D eigenvalue weighted by molar-refractivity contribution is -0.129. The quantitative estimate of drug-likeness (QED) is 0.877. The summed E-state index contributed by atoms with van der Waals surface area (Å²) in [6, 6.07) is 5.27. The standard InChI is InChI=1S/C15H20ClNO3/c1-10-8-12(16)4-5-13(10)20-11(2)14(18)17-9-15(19)6-3-7-15/h4-5,8,11,19H,3,6-7,9H2,1-2H3,(H,17,18). The highest BCUT2D eigenvalue weighted by molar-refractivity contribution is 6.30. The van der Waals surface area contributed by atoms with Crippen molar-refractivity contribution in [3.05, 3.63) is 28.8 Å². The lowest BCUT2D eigenvalue weighted by Gasteiger charge is -2.36. The zero-order valence-electron chi connectivity index (χ0n) is 11.8. The number of aliphatic hydroxyl groups is 1. The van der Waals surface area contributed by atoms with E-state index >= 15 is 0 Å². The fourth-order valence-corrected chi connectivity index (χ4v) is 2.37. The maximum atomic E-state index is 11.9. The van der Waals surface area contributed by atoms with E-state index in [9.17, 15) is 9.90 Å². The number of halogens is 1. The molecular weight excluding hydrogens is 278 g/mol. The molecule has 20 heavy (non-hydrogen) atoms. The third-order valence-electron chi connectivity index (χ3n) is 3.69. The predicted molar refractivity (Wildman–Crippen MR) is 78.1 cm³/mol. The van der Waals surface area contributed by atoms with E-state index in [1.165, 1.54) is 0 Å². The Labute approximate surface area is 124 Å². The van der Waals surface area contributed by atoms with Crippen molar-refractivity contribution >= 4 is 17.5 Å². The summed E-state index contributed by atoms with van der Waals surface area (Å²) >= 11 is 5.88. The summed E-state index contributed by atoms with van der Waals surface area (Å²) in [4.78, 5) is 11.9. The van der Waals surface area contributed by atoms with Crippen molar-refractivity contribution in [1.82, 2.24) is 5.32 Å². The number of carbonyl (C=O) groups excluding carboxylic acids is 1. The Kier molecular flexibility index (Phi) is 4.55. The summed E-state index contributed by atoms with van der Waals surface area (Å²) in [5.41, 5.74) is 0.167. The minimum absolute atomic E-state index is 0.223. The molecule has 0 aromatic heterocycles. The van der Waals surface area contributed by atoms with Gasteiger partial charge in [-0.25, -0.2) is 0 Å². The summed E-state index contributed by atoms with van der Waals surface area (Å²) in [6.07, 6.45) is 1.90. The average Bonchev–Trinajstić information content (AvgIpc) is 2.36. The molecule has 1 aliphatic rings. The first-order chi connectivity index (χ1) is 9.39. The minimum Gasteiger partial charge on any atom is -0.481 e. The SMILES string of the molecule is Cc1cc(Cl)ccc1OC(C)C(=O)NCC1(O)CCC1. The number of rotatable bonds is 5. The molecule has 5 heteroatoms. The van der Waals surface area contributed by atoms with Gasteiger partial charge in [-0.05, 0) is 56.9 Å². The van der Waals surface area contributed by atoms with Crippen molar-refractivity contribution in [2.75, 3.05) is 6.54 Å². The highest BCUT2D eigenvalue weighted by Crippen LogP contribution is 2.30. The van der Waals surface area contributed by atoms with Gasteiger partial charge in [0.05, 0.1) is 5.60 Å². The van der Waals surface area contributed by atoms with Crippen LogP contribution in [0.3, 0.4) is 0 Å². The Balaban J connectivity index is 1.87. The third kappa shape index (κ3) is 3.64. The second-order valence-corrected chi connectivity index (χ2v) is 5.90. The summed E-state index contributed by atoms with van der Waals surface area (Å²) in [7, 11) is 0. The van der Waals surface area contributed by atoms with Gasteiger partial charge < -0.3 is 15.2 Å². The lowest BCUT2D eigenvalue weighted by atomic mass is 9.80. The van der Waals surface area contributed by atoms with Crippen LogP contribution in [-0.2, 0) is 4.79 Å². The smallest absolute Gasteiger partial charge is 0.260 e. The van der Waals surface area contributed by atoms with E-state index in [-0.39, 0.29) is 5.91 Å². The van der Waals surface area contributed by atoms with Gasteiger partial charge in [0.1, 0.15) is 5.75 Å². The number of amides is 1. The number of hydrogen-bond donors (Lipinski definition) is 2. The van der Waals surface area contributed by atoms with Gasteiger partial charge in [-0.15, -0.1) is 0 Å². The van der Waals surface area contributed by atoms with Gasteiger partial charge in [0.25, 0.3) is 5.91 Å². The average molecular weight is 298 g/mol. The molecule has 0 radical (unpaired) electrons. The Morgan fingerprint density at radius 2 is 2.25 bits per heavy atom. The van der Waals surface area contributed by atoms with Gasteiger partial charge in [-0.3, -0.25) is 4.79 Å². The number of carbonyl (C=O) groups is 1. The molecule has 1 unspecified atom stereocenters. The van der Waals surface area contributed by atoms with E-state index in [1.54, 1.807) is 25.1 Å². The molecule has 0 spiro atoms. The van der Waals surface area contributed by atoms with Gasteiger partial charge in [-0.1, -0.05) is 11.6 Å². The Morgan fingerprint density at radius 1 is 1.55 bits per heavy atom. The van der Waals surface area contributed by atoms with Crippen molar-refractivity contribution < 1.29 is 14.6 Å². The largest absolute Gasteiger partial charge is 0.481 e. The van der Waals surface area contributed by atoms with Crippen LogP contribution in [-0.4, -0.2) is 29.3 Å². The molecule has 1 aromatic carbocycles. The van der Waals surface area contributed by atoms with Gasteiger partial charge in [-0.2, -0.15) is 0 Å². The fourth-order valence-electron chi connectivity index (χ4n) is 2.15. The van der Waals surface area contributed by atoms with E-state index in [2.05, 4.69) is 5.32 Å². The second-order valence-electron chi connectivity index (χ2n) is 5.47. The molecule has 0 heterocycles. The highest BCUT2D eigenvalue weighted by atomic mass is 35.5. The van der Waals surface area contributed by atoms with Crippen molar-refractivity contribution in [2.24, 2.45) is 0 Å². The summed E-state index contributed by atoms with van der Waals surface area (Å²) in [5, 5.41) is 13.3.